The van der Waals surface area contributed by atoms with Crippen LogP contribution in [0.25, 0.3) is 0 Å². The molecule has 0 fully saturated rings. The summed E-state index contributed by atoms with van der Waals surface area (Å²) >= 11 is 0. The Bertz CT molecular complexity index is 388. The Balaban J connectivity index is 0.00000361. The molecule has 0 heterocycles. The fraction of sp³-hybridized carbons (Fsp3) is 0.500. The summed E-state index contributed by atoms with van der Waals surface area (Å²) in [5.41, 5.74) is 5.37. The topological polar surface area (TPSA) is 73.6 Å². The molecule has 20 heavy (non-hydrogen) atoms. The highest BCUT2D eigenvalue weighted by atomic mass is 35.5. The van der Waals surface area contributed by atoms with Gasteiger partial charge in [0.25, 0.3) is 5.91 Å². The minimum Gasteiger partial charge on any atom is -0.490 e. The van der Waals surface area contributed by atoms with Gasteiger partial charge < -0.3 is 20.5 Å². The molecule has 1 aromatic rings. The van der Waals surface area contributed by atoms with Gasteiger partial charge in [-0.1, -0.05) is 12.1 Å². The quantitative estimate of drug-likeness (QED) is 0.682. The molecule has 0 saturated heterocycles. The van der Waals surface area contributed by atoms with Crippen LogP contribution < -0.4 is 20.5 Å². The maximum absolute atomic E-state index is 11.5. The van der Waals surface area contributed by atoms with Crippen LogP contribution in [0.1, 0.15) is 19.8 Å². The average Bonchev–Trinajstić information content (AvgIpc) is 2.43. The van der Waals surface area contributed by atoms with Gasteiger partial charge in [0, 0.05) is 6.54 Å². The minimum absolute atomic E-state index is 0. The van der Waals surface area contributed by atoms with Crippen molar-refractivity contribution in [2.45, 2.75) is 19.8 Å². The molecule has 0 aliphatic heterocycles. The lowest BCUT2D eigenvalue weighted by Gasteiger charge is -2.11. The molecule has 3 N–H and O–H groups in total. The average molecular weight is 303 g/mol. The first-order valence-corrected chi connectivity index (χ1v) is 6.59. The number of carbonyl (C=O) groups excluding carboxylic acids is 1. The highest BCUT2D eigenvalue weighted by Gasteiger charge is 2.06. The molecule has 0 atom stereocenters. The lowest BCUT2D eigenvalue weighted by atomic mass is 10.3. The molecule has 114 valence electrons. The zero-order valence-electron chi connectivity index (χ0n) is 11.8. The molecule has 0 bridgehead atoms. The number of carbonyl (C=O) groups is 1. The molecule has 1 rings (SSSR count). The molecule has 0 saturated carbocycles. The number of hydrogen-bond donors (Lipinski definition) is 2. The summed E-state index contributed by atoms with van der Waals surface area (Å²) in [7, 11) is 0. The van der Waals surface area contributed by atoms with Crippen molar-refractivity contribution in [3.63, 3.8) is 0 Å². The second-order valence-electron chi connectivity index (χ2n) is 4.01. The number of rotatable bonds is 9. The van der Waals surface area contributed by atoms with Crippen LogP contribution >= 0.6 is 12.4 Å². The van der Waals surface area contributed by atoms with Crippen molar-refractivity contribution >= 4 is 18.3 Å². The smallest absolute Gasteiger partial charge is 0.257 e. The number of benzene rings is 1. The Morgan fingerprint density at radius 2 is 1.85 bits per heavy atom. The normalized spacial score (nSPS) is 9.50. The molecule has 0 aliphatic carbocycles. The Morgan fingerprint density at radius 1 is 1.20 bits per heavy atom. The third-order valence-corrected chi connectivity index (χ3v) is 2.46. The maximum atomic E-state index is 11.5. The van der Waals surface area contributed by atoms with Crippen LogP contribution in [0.4, 0.5) is 0 Å². The van der Waals surface area contributed by atoms with Gasteiger partial charge >= 0.3 is 0 Å². The number of hydrogen-bond acceptors (Lipinski definition) is 4. The van der Waals surface area contributed by atoms with Gasteiger partial charge in [0.1, 0.15) is 0 Å². The highest BCUT2D eigenvalue weighted by molar-refractivity contribution is 5.85. The number of amides is 1. The molecule has 0 aliphatic rings. The molecular weight excluding hydrogens is 280 g/mol. The van der Waals surface area contributed by atoms with Gasteiger partial charge in [-0.25, -0.2) is 0 Å². The third-order valence-electron chi connectivity index (χ3n) is 2.46. The molecule has 0 unspecified atom stereocenters. The van der Waals surface area contributed by atoms with Crippen molar-refractivity contribution in [2.75, 3.05) is 26.3 Å². The predicted molar refractivity (Wildman–Crippen MR) is 81.7 cm³/mol. The van der Waals surface area contributed by atoms with Crippen LogP contribution in [0.2, 0.25) is 0 Å². The van der Waals surface area contributed by atoms with Crippen LogP contribution in [0, 0.1) is 0 Å². The van der Waals surface area contributed by atoms with Crippen molar-refractivity contribution in [1.29, 1.82) is 0 Å². The Morgan fingerprint density at radius 3 is 2.45 bits per heavy atom. The molecule has 5 nitrogen and oxygen atoms in total. The van der Waals surface area contributed by atoms with Crippen LogP contribution in [0.5, 0.6) is 11.5 Å². The second kappa shape index (κ2) is 11.4. The number of nitrogens with one attached hydrogen (secondary N) is 1. The second-order valence-corrected chi connectivity index (χ2v) is 4.01. The van der Waals surface area contributed by atoms with Gasteiger partial charge in [-0.2, -0.15) is 0 Å². The summed E-state index contributed by atoms with van der Waals surface area (Å²) in [4.78, 5) is 11.5. The fourth-order valence-electron chi connectivity index (χ4n) is 1.54. The van der Waals surface area contributed by atoms with E-state index < -0.39 is 0 Å². The minimum atomic E-state index is -0.136. The van der Waals surface area contributed by atoms with Crippen molar-refractivity contribution < 1.29 is 14.3 Å². The largest absolute Gasteiger partial charge is 0.490 e. The van der Waals surface area contributed by atoms with Gasteiger partial charge in [0.05, 0.1) is 6.61 Å². The van der Waals surface area contributed by atoms with Gasteiger partial charge in [-0.15, -0.1) is 12.4 Å². The van der Waals surface area contributed by atoms with Crippen LogP contribution in [0.3, 0.4) is 0 Å². The standard InChI is InChI=1S/C14H22N2O3.ClH/c1-2-18-12-7-3-4-8-13(12)19-11-14(17)16-10-6-5-9-15;/h3-4,7-8H,2,5-6,9-11,15H2,1H3,(H,16,17);1H. The Hall–Kier alpha value is -1.46. The first-order chi connectivity index (χ1) is 9.27. The molecule has 1 aromatic carbocycles. The van der Waals surface area contributed by atoms with E-state index >= 15 is 0 Å². The van der Waals surface area contributed by atoms with E-state index in [1.807, 2.05) is 25.1 Å². The predicted octanol–water partition coefficient (Wildman–Crippen LogP) is 1.74. The SMILES string of the molecule is CCOc1ccccc1OCC(=O)NCCCCN.Cl. The molecule has 1 amide bonds. The Kier molecular flexibility index (Phi) is 10.5. The van der Waals surface area contributed by atoms with Gasteiger partial charge in [0.2, 0.25) is 0 Å². The first kappa shape index (κ1) is 18.5. The zero-order chi connectivity index (χ0) is 13.9. The molecule has 0 aromatic heterocycles. The van der Waals surface area contributed by atoms with E-state index in [0.29, 0.717) is 31.2 Å². The number of halogens is 1. The number of para-hydroxylation sites is 2. The Labute approximate surface area is 126 Å². The van der Waals surface area contributed by atoms with Gasteiger partial charge in [-0.3, -0.25) is 4.79 Å². The van der Waals surface area contributed by atoms with Crippen LogP contribution in [0.15, 0.2) is 24.3 Å². The van der Waals surface area contributed by atoms with Crippen LogP contribution in [-0.2, 0) is 4.79 Å². The van der Waals surface area contributed by atoms with Crippen LogP contribution in [-0.4, -0.2) is 32.2 Å². The van der Waals surface area contributed by atoms with E-state index in [2.05, 4.69) is 5.32 Å². The summed E-state index contributed by atoms with van der Waals surface area (Å²) in [5, 5.41) is 2.78. The summed E-state index contributed by atoms with van der Waals surface area (Å²) in [6.07, 6.45) is 1.80. The number of unbranched alkanes of at least 4 members (excludes halogenated alkanes) is 1. The van der Waals surface area contributed by atoms with Crippen molar-refractivity contribution in [1.82, 2.24) is 5.32 Å². The van der Waals surface area contributed by atoms with Gasteiger partial charge in [-0.05, 0) is 38.4 Å². The third kappa shape index (κ3) is 7.21. The lowest BCUT2D eigenvalue weighted by Crippen LogP contribution is -2.30. The van der Waals surface area contributed by atoms with E-state index in [9.17, 15) is 4.79 Å². The molecular formula is C14H23ClN2O3. The summed E-state index contributed by atoms with van der Waals surface area (Å²) in [5.74, 6) is 1.10. The molecule has 0 radical (unpaired) electrons. The van der Waals surface area contributed by atoms with E-state index in [4.69, 9.17) is 15.2 Å². The monoisotopic (exact) mass is 302 g/mol. The summed E-state index contributed by atoms with van der Waals surface area (Å²) in [6, 6.07) is 7.31. The summed E-state index contributed by atoms with van der Waals surface area (Å²) < 4.78 is 10.9. The highest BCUT2D eigenvalue weighted by Crippen LogP contribution is 2.26. The van der Waals surface area contributed by atoms with E-state index in [0.717, 1.165) is 12.8 Å². The zero-order valence-corrected chi connectivity index (χ0v) is 12.6. The van der Waals surface area contributed by atoms with Crippen molar-refractivity contribution in [3.8, 4) is 11.5 Å². The first-order valence-electron chi connectivity index (χ1n) is 6.59. The van der Waals surface area contributed by atoms with E-state index in [1.165, 1.54) is 0 Å². The number of nitrogens with two attached hydrogens (primary N) is 1. The van der Waals surface area contributed by atoms with E-state index in [1.54, 1.807) is 6.07 Å². The molecule has 6 heteroatoms. The van der Waals surface area contributed by atoms with Gasteiger partial charge in [0.15, 0.2) is 18.1 Å². The van der Waals surface area contributed by atoms with Crippen molar-refractivity contribution in [2.24, 2.45) is 5.73 Å². The summed E-state index contributed by atoms with van der Waals surface area (Å²) in [6.45, 7) is 3.74. The lowest BCUT2D eigenvalue weighted by molar-refractivity contribution is -0.123. The molecule has 0 spiro atoms. The van der Waals surface area contributed by atoms with Crippen molar-refractivity contribution in [3.05, 3.63) is 24.3 Å². The fourth-order valence-corrected chi connectivity index (χ4v) is 1.54. The maximum Gasteiger partial charge on any atom is 0.257 e. The number of ether oxygens (including phenoxy) is 2. The van der Waals surface area contributed by atoms with E-state index in [-0.39, 0.29) is 24.9 Å².